The molecule has 0 spiro atoms. The third-order valence-electron chi connectivity index (χ3n) is 2.67. The quantitative estimate of drug-likeness (QED) is 0.586. The van der Waals surface area contributed by atoms with Gasteiger partial charge in [-0.15, -0.1) is 22.9 Å². The zero-order chi connectivity index (χ0) is 11.8. The van der Waals surface area contributed by atoms with Crippen molar-refractivity contribution in [3.05, 3.63) is 35.2 Å². The van der Waals surface area contributed by atoms with Gasteiger partial charge >= 0.3 is 0 Å². The van der Waals surface area contributed by atoms with E-state index in [1.165, 1.54) is 0 Å². The Hall–Kier alpha value is -0.860. The van der Waals surface area contributed by atoms with Gasteiger partial charge in [-0.1, -0.05) is 32.0 Å². The number of carbonyl (C=O) groups is 1. The van der Waals surface area contributed by atoms with Crippen LogP contribution in [0.2, 0.25) is 0 Å². The van der Waals surface area contributed by atoms with E-state index in [2.05, 4.69) is 0 Å². The normalized spacial score (nSPS) is 11.9. The molecule has 2 aromatic rings. The Morgan fingerprint density at radius 1 is 1.38 bits per heavy atom. The Kier molecular flexibility index (Phi) is 3.04. The fourth-order valence-electron chi connectivity index (χ4n) is 1.58. The molecule has 1 aromatic heterocycles. The van der Waals surface area contributed by atoms with Gasteiger partial charge in [-0.2, -0.15) is 0 Å². The highest BCUT2D eigenvalue weighted by atomic mass is 35.5. The van der Waals surface area contributed by atoms with Crippen molar-refractivity contribution in [2.24, 2.45) is 5.41 Å². The molecule has 0 N–H and O–H groups in total. The van der Waals surface area contributed by atoms with E-state index in [0.29, 0.717) is 5.88 Å². The van der Waals surface area contributed by atoms with Crippen LogP contribution in [-0.2, 0) is 0 Å². The zero-order valence-electron chi connectivity index (χ0n) is 9.29. The second kappa shape index (κ2) is 4.19. The molecule has 1 aromatic carbocycles. The summed E-state index contributed by atoms with van der Waals surface area (Å²) in [6.45, 7) is 3.77. The van der Waals surface area contributed by atoms with E-state index in [-0.39, 0.29) is 5.78 Å². The highest BCUT2D eigenvalue weighted by molar-refractivity contribution is 7.17. The first-order valence-corrected chi connectivity index (χ1v) is 6.54. The highest BCUT2D eigenvalue weighted by Crippen LogP contribution is 2.31. The number of ketones is 1. The standard InChI is InChI=1S/C13H13ClOS/c1-13(2,8-14)12(15)10-7-16-11-6-4-3-5-9(10)11/h3-7H,8H2,1-2H3. The minimum absolute atomic E-state index is 0.125. The van der Waals surface area contributed by atoms with Crippen LogP contribution in [0.15, 0.2) is 29.6 Å². The molecule has 0 aliphatic rings. The number of carbonyl (C=O) groups excluding carboxylic acids is 1. The molecular weight excluding hydrogens is 240 g/mol. The molecule has 0 amide bonds. The summed E-state index contributed by atoms with van der Waals surface area (Å²) in [4.78, 5) is 12.3. The molecule has 0 bridgehead atoms. The van der Waals surface area contributed by atoms with Gasteiger partial charge in [0, 0.05) is 32.3 Å². The lowest BCUT2D eigenvalue weighted by Crippen LogP contribution is -2.25. The van der Waals surface area contributed by atoms with Crippen LogP contribution < -0.4 is 0 Å². The maximum Gasteiger partial charge on any atom is 0.171 e. The first-order valence-electron chi connectivity index (χ1n) is 5.13. The van der Waals surface area contributed by atoms with Crippen molar-refractivity contribution < 1.29 is 4.79 Å². The number of fused-ring (bicyclic) bond motifs is 1. The molecule has 0 saturated heterocycles. The zero-order valence-corrected chi connectivity index (χ0v) is 10.9. The number of rotatable bonds is 3. The van der Waals surface area contributed by atoms with Crippen LogP contribution in [-0.4, -0.2) is 11.7 Å². The number of hydrogen-bond donors (Lipinski definition) is 0. The van der Waals surface area contributed by atoms with E-state index in [4.69, 9.17) is 11.6 Å². The van der Waals surface area contributed by atoms with Gasteiger partial charge in [0.1, 0.15) is 0 Å². The molecule has 0 fully saturated rings. The monoisotopic (exact) mass is 252 g/mol. The van der Waals surface area contributed by atoms with Gasteiger partial charge in [0.2, 0.25) is 0 Å². The van der Waals surface area contributed by atoms with Crippen molar-refractivity contribution in [2.45, 2.75) is 13.8 Å². The van der Waals surface area contributed by atoms with Gasteiger partial charge in [-0.3, -0.25) is 4.79 Å². The SMILES string of the molecule is CC(C)(CCl)C(=O)c1csc2ccccc12. The van der Waals surface area contributed by atoms with Crippen LogP contribution in [0, 0.1) is 5.41 Å². The minimum Gasteiger partial charge on any atom is -0.293 e. The van der Waals surface area contributed by atoms with Crippen molar-refractivity contribution in [1.29, 1.82) is 0 Å². The number of halogens is 1. The molecule has 0 aliphatic carbocycles. The second-order valence-electron chi connectivity index (χ2n) is 4.49. The summed E-state index contributed by atoms with van der Waals surface area (Å²) >= 11 is 7.44. The van der Waals surface area contributed by atoms with Gasteiger partial charge in [0.25, 0.3) is 0 Å². The summed E-state index contributed by atoms with van der Waals surface area (Å²) in [6.07, 6.45) is 0. The van der Waals surface area contributed by atoms with E-state index in [0.717, 1.165) is 15.6 Å². The van der Waals surface area contributed by atoms with Crippen molar-refractivity contribution in [1.82, 2.24) is 0 Å². The lowest BCUT2D eigenvalue weighted by molar-refractivity contribution is 0.0864. The second-order valence-corrected chi connectivity index (χ2v) is 5.67. The Morgan fingerprint density at radius 2 is 2.06 bits per heavy atom. The molecule has 2 rings (SSSR count). The molecule has 84 valence electrons. The van der Waals surface area contributed by atoms with Crippen molar-refractivity contribution in [2.75, 3.05) is 5.88 Å². The fourth-order valence-corrected chi connectivity index (χ4v) is 2.64. The Labute approximate surface area is 104 Å². The Bertz CT molecular complexity index is 527. The van der Waals surface area contributed by atoms with Crippen LogP contribution in [0.4, 0.5) is 0 Å². The molecular formula is C13H13ClOS. The van der Waals surface area contributed by atoms with Gasteiger partial charge < -0.3 is 0 Å². The summed E-state index contributed by atoms with van der Waals surface area (Å²) in [6, 6.07) is 7.97. The molecule has 0 saturated carbocycles. The van der Waals surface area contributed by atoms with Crippen LogP contribution >= 0.6 is 22.9 Å². The smallest absolute Gasteiger partial charge is 0.171 e. The third-order valence-corrected chi connectivity index (χ3v) is 4.31. The van der Waals surface area contributed by atoms with Crippen LogP contribution in [0.5, 0.6) is 0 Å². The first kappa shape index (κ1) is 11.6. The van der Waals surface area contributed by atoms with Crippen molar-refractivity contribution in [3.63, 3.8) is 0 Å². The van der Waals surface area contributed by atoms with Crippen LogP contribution in [0.25, 0.3) is 10.1 Å². The van der Waals surface area contributed by atoms with E-state index in [1.807, 2.05) is 43.5 Å². The minimum atomic E-state index is -0.495. The number of alkyl halides is 1. The molecule has 3 heteroatoms. The average molecular weight is 253 g/mol. The average Bonchev–Trinajstić information content (AvgIpc) is 2.71. The van der Waals surface area contributed by atoms with Crippen molar-refractivity contribution >= 4 is 38.8 Å². The maximum absolute atomic E-state index is 12.3. The number of thiophene rings is 1. The maximum atomic E-state index is 12.3. The Morgan fingerprint density at radius 3 is 2.75 bits per heavy atom. The molecule has 0 atom stereocenters. The highest BCUT2D eigenvalue weighted by Gasteiger charge is 2.29. The summed E-state index contributed by atoms with van der Waals surface area (Å²) < 4.78 is 1.15. The lowest BCUT2D eigenvalue weighted by Gasteiger charge is -2.18. The van der Waals surface area contributed by atoms with Crippen molar-refractivity contribution in [3.8, 4) is 0 Å². The lowest BCUT2D eigenvalue weighted by atomic mass is 9.86. The summed E-state index contributed by atoms with van der Waals surface area (Å²) in [5, 5.41) is 2.97. The largest absolute Gasteiger partial charge is 0.293 e. The predicted octanol–water partition coefficient (Wildman–Crippen LogP) is 4.35. The van der Waals surface area contributed by atoms with E-state index in [1.54, 1.807) is 11.3 Å². The molecule has 0 aliphatic heterocycles. The summed E-state index contributed by atoms with van der Waals surface area (Å²) in [5.74, 6) is 0.468. The van der Waals surface area contributed by atoms with Gasteiger partial charge in [-0.05, 0) is 6.07 Å². The third kappa shape index (κ3) is 1.87. The molecule has 0 radical (unpaired) electrons. The number of hydrogen-bond acceptors (Lipinski definition) is 2. The number of benzene rings is 1. The molecule has 1 heterocycles. The van der Waals surface area contributed by atoms with Gasteiger partial charge in [0.15, 0.2) is 5.78 Å². The summed E-state index contributed by atoms with van der Waals surface area (Å²) in [7, 11) is 0. The van der Waals surface area contributed by atoms with E-state index >= 15 is 0 Å². The van der Waals surface area contributed by atoms with E-state index < -0.39 is 5.41 Å². The van der Waals surface area contributed by atoms with Gasteiger partial charge in [-0.25, -0.2) is 0 Å². The fraction of sp³-hybridized carbons (Fsp3) is 0.308. The number of Topliss-reactive ketones (excluding diaryl/α,β-unsaturated/α-hetero) is 1. The Balaban J connectivity index is 2.52. The van der Waals surface area contributed by atoms with Crippen LogP contribution in [0.3, 0.4) is 0 Å². The molecule has 1 nitrogen and oxygen atoms in total. The molecule has 0 unspecified atom stereocenters. The predicted molar refractivity (Wildman–Crippen MR) is 70.7 cm³/mol. The molecule has 16 heavy (non-hydrogen) atoms. The van der Waals surface area contributed by atoms with E-state index in [9.17, 15) is 4.79 Å². The topological polar surface area (TPSA) is 17.1 Å². The summed E-state index contributed by atoms with van der Waals surface area (Å²) in [5.41, 5.74) is 0.303. The van der Waals surface area contributed by atoms with Gasteiger partial charge in [0.05, 0.1) is 0 Å². The first-order chi connectivity index (χ1) is 7.56. The van der Waals surface area contributed by atoms with Crippen LogP contribution in [0.1, 0.15) is 24.2 Å².